The lowest BCUT2D eigenvalue weighted by Gasteiger charge is -2.28. The monoisotopic (exact) mass is 389 g/mol. The number of rotatable bonds is 7. The Kier molecular flexibility index (Phi) is 7.68. The average Bonchev–Trinajstić information content (AvgIpc) is 2.74. The molecule has 2 aliphatic heterocycles. The maximum Gasteiger partial charge on any atom is 0.260 e. The fourth-order valence-electron chi connectivity index (χ4n) is 3.81. The quantitative estimate of drug-likeness (QED) is 0.744. The number of anilines is 1. The van der Waals surface area contributed by atoms with Gasteiger partial charge in [0.05, 0.1) is 18.9 Å². The molecule has 154 valence electrons. The van der Waals surface area contributed by atoms with Crippen LogP contribution in [0.25, 0.3) is 0 Å². The van der Waals surface area contributed by atoms with Gasteiger partial charge in [-0.15, -0.1) is 0 Å². The van der Waals surface area contributed by atoms with Crippen molar-refractivity contribution in [3.05, 3.63) is 24.3 Å². The van der Waals surface area contributed by atoms with E-state index in [4.69, 9.17) is 9.47 Å². The smallest absolute Gasteiger partial charge is 0.260 e. The lowest BCUT2D eigenvalue weighted by molar-refractivity contribution is -0.137. The van der Waals surface area contributed by atoms with Crippen molar-refractivity contribution in [3.63, 3.8) is 0 Å². The summed E-state index contributed by atoms with van der Waals surface area (Å²) in [6, 6.07) is 7.27. The van der Waals surface area contributed by atoms with E-state index in [0.29, 0.717) is 56.0 Å². The third-order valence-corrected chi connectivity index (χ3v) is 5.57. The molecule has 0 spiro atoms. The van der Waals surface area contributed by atoms with Crippen molar-refractivity contribution >= 4 is 17.5 Å². The number of amides is 2. The van der Waals surface area contributed by atoms with Gasteiger partial charge in [0.25, 0.3) is 5.91 Å². The molecule has 2 amide bonds. The molecule has 0 bridgehead atoms. The molecule has 2 aliphatic rings. The van der Waals surface area contributed by atoms with Gasteiger partial charge in [0.1, 0.15) is 5.75 Å². The number of benzene rings is 1. The van der Waals surface area contributed by atoms with E-state index in [2.05, 4.69) is 17.6 Å². The third kappa shape index (κ3) is 5.94. The Morgan fingerprint density at radius 2 is 1.96 bits per heavy atom. The SMILES string of the molecule is CC(CC(=O)Nc1ccccc1OCC(=O)N1CCOCC1)C1CCNCC1. The number of hydrogen-bond donors (Lipinski definition) is 2. The lowest BCUT2D eigenvalue weighted by atomic mass is 9.84. The molecule has 7 nitrogen and oxygen atoms in total. The first kappa shape index (κ1) is 20.6. The first-order chi connectivity index (χ1) is 13.6. The van der Waals surface area contributed by atoms with Crippen molar-refractivity contribution in [2.45, 2.75) is 26.2 Å². The lowest BCUT2D eigenvalue weighted by Crippen LogP contribution is -2.43. The summed E-state index contributed by atoms with van der Waals surface area (Å²) in [5.41, 5.74) is 0.611. The molecule has 0 aromatic heterocycles. The summed E-state index contributed by atoms with van der Waals surface area (Å²) in [6.07, 6.45) is 2.74. The average molecular weight is 389 g/mol. The van der Waals surface area contributed by atoms with E-state index in [1.165, 1.54) is 0 Å². The maximum absolute atomic E-state index is 12.5. The molecule has 1 aromatic carbocycles. The Hall–Kier alpha value is -2.12. The van der Waals surface area contributed by atoms with Crippen LogP contribution in [0.15, 0.2) is 24.3 Å². The molecule has 1 aromatic rings. The van der Waals surface area contributed by atoms with E-state index in [9.17, 15) is 9.59 Å². The fourth-order valence-corrected chi connectivity index (χ4v) is 3.81. The van der Waals surface area contributed by atoms with Crippen molar-refractivity contribution in [1.29, 1.82) is 0 Å². The topological polar surface area (TPSA) is 79.9 Å². The number of piperidine rings is 1. The highest BCUT2D eigenvalue weighted by Crippen LogP contribution is 2.27. The van der Waals surface area contributed by atoms with Crippen molar-refractivity contribution in [3.8, 4) is 5.75 Å². The highest BCUT2D eigenvalue weighted by molar-refractivity contribution is 5.92. The summed E-state index contributed by atoms with van der Waals surface area (Å²) in [4.78, 5) is 26.6. The molecule has 28 heavy (non-hydrogen) atoms. The summed E-state index contributed by atoms with van der Waals surface area (Å²) >= 11 is 0. The van der Waals surface area contributed by atoms with Crippen LogP contribution in [0.4, 0.5) is 5.69 Å². The second-order valence-corrected chi connectivity index (χ2v) is 7.60. The fraction of sp³-hybridized carbons (Fsp3) is 0.619. The Labute approximate surface area is 166 Å². The molecule has 7 heteroatoms. The molecule has 2 heterocycles. The minimum atomic E-state index is -0.0658. The summed E-state index contributed by atoms with van der Waals surface area (Å²) in [7, 11) is 0. The zero-order valence-corrected chi connectivity index (χ0v) is 16.6. The van der Waals surface area contributed by atoms with Gasteiger partial charge in [-0.05, 0) is 49.9 Å². The largest absolute Gasteiger partial charge is 0.482 e. The minimum absolute atomic E-state index is 0.0124. The minimum Gasteiger partial charge on any atom is -0.482 e. The van der Waals surface area contributed by atoms with E-state index in [-0.39, 0.29) is 18.4 Å². The first-order valence-corrected chi connectivity index (χ1v) is 10.2. The van der Waals surface area contributed by atoms with Crippen molar-refractivity contribution in [1.82, 2.24) is 10.2 Å². The van der Waals surface area contributed by atoms with Crippen LogP contribution < -0.4 is 15.4 Å². The van der Waals surface area contributed by atoms with Crippen molar-refractivity contribution in [2.75, 3.05) is 51.3 Å². The van der Waals surface area contributed by atoms with Gasteiger partial charge < -0.3 is 25.0 Å². The number of carbonyl (C=O) groups is 2. The molecular weight excluding hydrogens is 358 g/mol. The summed E-state index contributed by atoms with van der Waals surface area (Å²) in [5, 5.41) is 6.32. The van der Waals surface area contributed by atoms with Gasteiger partial charge in [-0.3, -0.25) is 9.59 Å². The Balaban J connectivity index is 1.51. The van der Waals surface area contributed by atoms with Crippen LogP contribution in [-0.4, -0.2) is 62.7 Å². The zero-order valence-electron chi connectivity index (χ0n) is 16.6. The van der Waals surface area contributed by atoms with E-state index in [1.807, 2.05) is 18.2 Å². The van der Waals surface area contributed by atoms with Gasteiger partial charge >= 0.3 is 0 Å². The molecule has 2 N–H and O–H groups in total. The molecule has 1 atom stereocenters. The van der Waals surface area contributed by atoms with Crippen LogP contribution in [0.1, 0.15) is 26.2 Å². The standard InChI is InChI=1S/C21H31N3O4/c1-16(17-6-8-22-9-7-17)14-20(25)23-18-4-2-3-5-19(18)28-15-21(26)24-10-12-27-13-11-24/h2-5,16-17,22H,6-15H2,1H3,(H,23,25). The van der Waals surface area contributed by atoms with Crippen LogP contribution >= 0.6 is 0 Å². The van der Waals surface area contributed by atoms with E-state index < -0.39 is 0 Å². The van der Waals surface area contributed by atoms with Crippen LogP contribution in [-0.2, 0) is 14.3 Å². The molecule has 0 saturated carbocycles. The Morgan fingerprint density at radius 3 is 2.71 bits per heavy atom. The normalized spacial score (nSPS) is 19.1. The number of ether oxygens (including phenoxy) is 2. The van der Waals surface area contributed by atoms with Crippen LogP contribution in [0.2, 0.25) is 0 Å². The summed E-state index contributed by atoms with van der Waals surface area (Å²) in [6.45, 7) is 6.48. The Bertz CT molecular complexity index is 655. The van der Waals surface area contributed by atoms with Crippen LogP contribution in [0.3, 0.4) is 0 Å². The van der Waals surface area contributed by atoms with Gasteiger partial charge in [0.15, 0.2) is 6.61 Å². The zero-order chi connectivity index (χ0) is 19.8. The number of morpholine rings is 1. The second-order valence-electron chi connectivity index (χ2n) is 7.60. The van der Waals surface area contributed by atoms with Crippen molar-refractivity contribution in [2.24, 2.45) is 11.8 Å². The van der Waals surface area contributed by atoms with Crippen LogP contribution in [0.5, 0.6) is 5.75 Å². The maximum atomic E-state index is 12.5. The van der Waals surface area contributed by atoms with E-state index >= 15 is 0 Å². The molecule has 2 saturated heterocycles. The molecule has 0 aliphatic carbocycles. The van der Waals surface area contributed by atoms with E-state index in [1.54, 1.807) is 11.0 Å². The highest BCUT2D eigenvalue weighted by Gasteiger charge is 2.23. The van der Waals surface area contributed by atoms with Gasteiger partial charge in [-0.2, -0.15) is 0 Å². The predicted octanol–water partition coefficient (Wildman–Crippen LogP) is 1.89. The number of nitrogens with one attached hydrogen (secondary N) is 2. The summed E-state index contributed by atoms with van der Waals surface area (Å²) in [5.74, 6) is 1.38. The number of para-hydroxylation sites is 2. The van der Waals surface area contributed by atoms with Gasteiger partial charge in [-0.1, -0.05) is 19.1 Å². The highest BCUT2D eigenvalue weighted by atomic mass is 16.5. The number of nitrogens with zero attached hydrogens (tertiary/aromatic N) is 1. The van der Waals surface area contributed by atoms with E-state index in [0.717, 1.165) is 25.9 Å². The van der Waals surface area contributed by atoms with Crippen LogP contribution in [0, 0.1) is 11.8 Å². The number of hydrogen-bond acceptors (Lipinski definition) is 5. The van der Waals surface area contributed by atoms with Gasteiger partial charge in [-0.25, -0.2) is 0 Å². The second kappa shape index (κ2) is 10.4. The van der Waals surface area contributed by atoms with Gasteiger partial charge in [0, 0.05) is 19.5 Å². The van der Waals surface area contributed by atoms with Crippen molar-refractivity contribution < 1.29 is 19.1 Å². The number of carbonyl (C=O) groups excluding carboxylic acids is 2. The molecule has 0 radical (unpaired) electrons. The molecule has 2 fully saturated rings. The predicted molar refractivity (Wildman–Crippen MR) is 107 cm³/mol. The first-order valence-electron chi connectivity index (χ1n) is 10.2. The Morgan fingerprint density at radius 1 is 1.25 bits per heavy atom. The molecule has 3 rings (SSSR count). The molecular formula is C21H31N3O4. The van der Waals surface area contributed by atoms with Gasteiger partial charge in [0.2, 0.25) is 5.91 Å². The summed E-state index contributed by atoms with van der Waals surface area (Å²) < 4.78 is 11.0. The third-order valence-electron chi connectivity index (χ3n) is 5.57. The molecule has 1 unspecified atom stereocenters.